The molecule has 0 unspecified atom stereocenters. The van der Waals surface area contributed by atoms with Gasteiger partial charge < -0.3 is 5.32 Å². The maximum absolute atomic E-state index is 12.0. The second kappa shape index (κ2) is 5.64. The lowest BCUT2D eigenvalue weighted by Gasteiger charge is -2.33. The summed E-state index contributed by atoms with van der Waals surface area (Å²) in [4.78, 5) is 36.5. The minimum absolute atomic E-state index is 0.0889. The lowest BCUT2D eigenvalue weighted by atomic mass is 9.82. The van der Waals surface area contributed by atoms with Crippen LogP contribution in [-0.4, -0.2) is 21.0 Å². The first-order chi connectivity index (χ1) is 8.98. The first kappa shape index (κ1) is 16.2. The van der Waals surface area contributed by atoms with Crippen molar-refractivity contribution in [3.8, 4) is 0 Å². The number of nitrogens with zero attached hydrogens (tertiary/aromatic N) is 1. The molecule has 0 spiro atoms. The quantitative estimate of drug-likeness (QED) is 0.858. The van der Waals surface area contributed by atoms with Gasteiger partial charge in [0.05, 0.1) is 0 Å². The Labute approximate surface area is 118 Å². The van der Waals surface area contributed by atoms with E-state index >= 15 is 0 Å². The molecule has 6 nitrogen and oxygen atoms in total. The number of H-pyrrole nitrogens is 1. The van der Waals surface area contributed by atoms with Crippen molar-refractivity contribution in [2.75, 3.05) is 0 Å². The second-order valence-electron chi connectivity index (χ2n) is 6.91. The average Bonchev–Trinajstić information content (AvgIpc) is 2.17. The molecule has 1 aromatic heterocycles. The largest absolute Gasteiger partial charge is 0.350 e. The van der Waals surface area contributed by atoms with Crippen molar-refractivity contribution in [1.29, 1.82) is 0 Å². The summed E-state index contributed by atoms with van der Waals surface area (Å²) in [6, 6.07) is 1.22. The molecule has 0 bridgehead atoms. The summed E-state index contributed by atoms with van der Waals surface area (Å²) < 4.78 is 1.17. The minimum atomic E-state index is -0.582. The fraction of sp³-hybridized carbons (Fsp3) is 0.643. The molecule has 1 heterocycles. The van der Waals surface area contributed by atoms with Crippen molar-refractivity contribution >= 4 is 5.91 Å². The summed E-state index contributed by atoms with van der Waals surface area (Å²) in [5.74, 6) is -0.256. The molecule has 6 heteroatoms. The van der Waals surface area contributed by atoms with E-state index in [2.05, 4.69) is 31.1 Å². The van der Waals surface area contributed by atoms with Crippen LogP contribution in [0.4, 0.5) is 0 Å². The van der Waals surface area contributed by atoms with Crippen LogP contribution in [0.1, 0.15) is 41.0 Å². The molecule has 2 N–H and O–H groups in total. The number of rotatable bonds is 4. The summed E-state index contributed by atoms with van der Waals surface area (Å²) >= 11 is 0. The molecule has 0 aliphatic heterocycles. The molecule has 1 aromatic rings. The number of carbonyl (C=O) groups is 1. The zero-order chi connectivity index (χ0) is 15.6. The zero-order valence-electron chi connectivity index (χ0n) is 12.7. The molecule has 0 saturated heterocycles. The van der Waals surface area contributed by atoms with Gasteiger partial charge in [-0.3, -0.25) is 19.1 Å². The Bertz CT molecular complexity index is 591. The first-order valence-corrected chi connectivity index (χ1v) is 6.59. The monoisotopic (exact) mass is 281 g/mol. The van der Waals surface area contributed by atoms with Gasteiger partial charge in [-0.2, -0.15) is 0 Å². The second-order valence-corrected chi connectivity index (χ2v) is 6.91. The van der Waals surface area contributed by atoms with Crippen LogP contribution in [0.15, 0.2) is 21.9 Å². The van der Waals surface area contributed by atoms with Gasteiger partial charge in [0.15, 0.2) is 0 Å². The summed E-state index contributed by atoms with van der Waals surface area (Å²) in [6.07, 6.45) is 2.13. The molecule has 0 atom stereocenters. The Kier molecular flexibility index (Phi) is 4.57. The highest BCUT2D eigenvalue weighted by Gasteiger charge is 2.26. The van der Waals surface area contributed by atoms with Crippen molar-refractivity contribution in [1.82, 2.24) is 14.9 Å². The molecule has 0 aromatic carbocycles. The van der Waals surface area contributed by atoms with Gasteiger partial charge in [-0.1, -0.05) is 20.8 Å². The van der Waals surface area contributed by atoms with Crippen molar-refractivity contribution in [3.63, 3.8) is 0 Å². The van der Waals surface area contributed by atoms with Crippen LogP contribution in [-0.2, 0) is 11.3 Å². The Balaban J connectivity index is 2.73. The molecule has 0 aliphatic rings. The molecular formula is C14H23N3O3. The number of amides is 1. The van der Waals surface area contributed by atoms with Gasteiger partial charge in [-0.15, -0.1) is 0 Å². The number of hydrogen-bond acceptors (Lipinski definition) is 3. The van der Waals surface area contributed by atoms with E-state index in [9.17, 15) is 14.4 Å². The number of aromatic nitrogens is 2. The predicted molar refractivity (Wildman–Crippen MR) is 77.6 cm³/mol. The smallest absolute Gasteiger partial charge is 0.328 e. The molecule has 0 fully saturated rings. The Morgan fingerprint density at radius 3 is 2.35 bits per heavy atom. The van der Waals surface area contributed by atoms with E-state index in [1.807, 2.05) is 13.8 Å². The molecule has 20 heavy (non-hydrogen) atoms. The van der Waals surface area contributed by atoms with Crippen LogP contribution in [0.3, 0.4) is 0 Å². The van der Waals surface area contributed by atoms with Crippen LogP contribution >= 0.6 is 0 Å². The van der Waals surface area contributed by atoms with Crippen molar-refractivity contribution < 1.29 is 4.79 Å². The fourth-order valence-electron chi connectivity index (χ4n) is 2.51. The van der Waals surface area contributed by atoms with Crippen LogP contribution in [0, 0.1) is 5.41 Å². The van der Waals surface area contributed by atoms with Crippen LogP contribution < -0.4 is 16.6 Å². The summed E-state index contributed by atoms with van der Waals surface area (Å²) in [7, 11) is 0. The minimum Gasteiger partial charge on any atom is -0.350 e. The van der Waals surface area contributed by atoms with Gasteiger partial charge >= 0.3 is 5.69 Å². The third-order valence-corrected chi connectivity index (χ3v) is 2.66. The summed E-state index contributed by atoms with van der Waals surface area (Å²) in [5.41, 5.74) is -1.33. The Morgan fingerprint density at radius 1 is 1.25 bits per heavy atom. The summed E-state index contributed by atoms with van der Waals surface area (Å²) in [5, 5.41) is 2.91. The number of carbonyl (C=O) groups excluding carboxylic acids is 1. The van der Waals surface area contributed by atoms with Crippen LogP contribution in [0.5, 0.6) is 0 Å². The van der Waals surface area contributed by atoms with Crippen molar-refractivity contribution in [2.45, 2.75) is 53.1 Å². The molecule has 1 rings (SSSR count). The molecule has 1 amide bonds. The third kappa shape index (κ3) is 5.42. The van der Waals surface area contributed by atoms with Crippen LogP contribution in [0.25, 0.3) is 0 Å². The predicted octanol–water partition coefficient (Wildman–Crippen LogP) is 0.868. The fourth-order valence-corrected chi connectivity index (χ4v) is 2.51. The highest BCUT2D eigenvalue weighted by Crippen LogP contribution is 2.26. The van der Waals surface area contributed by atoms with E-state index in [0.29, 0.717) is 0 Å². The Hall–Kier alpha value is -1.85. The van der Waals surface area contributed by atoms with Crippen LogP contribution in [0.2, 0.25) is 0 Å². The van der Waals surface area contributed by atoms with Crippen molar-refractivity contribution in [2.24, 2.45) is 5.41 Å². The van der Waals surface area contributed by atoms with Gasteiger partial charge in [0.25, 0.3) is 5.56 Å². The van der Waals surface area contributed by atoms with E-state index in [4.69, 9.17) is 0 Å². The molecular weight excluding hydrogens is 258 g/mol. The molecule has 0 saturated carbocycles. The third-order valence-electron chi connectivity index (χ3n) is 2.66. The average molecular weight is 281 g/mol. The lowest BCUT2D eigenvalue weighted by molar-refractivity contribution is -0.123. The van der Waals surface area contributed by atoms with E-state index in [1.165, 1.54) is 16.8 Å². The van der Waals surface area contributed by atoms with Gasteiger partial charge in [-0.05, 0) is 25.7 Å². The zero-order valence-corrected chi connectivity index (χ0v) is 12.7. The molecule has 0 aliphatic carbocycles. The standard InChI is InChI=1S/C14H23N3O3/c1-13(2,3)9-14(4,5)16-11(19)8-17-7-6-10(18)15-12(17)20/h6-7H,8-9H2,1-5H3,(H,16,19)(H,15,18,20). The van der Waals surface area contributed by atoms with E-state index in [1.54, 1.807) is 0 Å². The molecule has 112 valence electrons. The van der Waals surface area contributed by atoms with E-state index in [-0.39, 0.29) is 23.4 Å². The SMILES string of the molecule is CC(C)(C)CC(C)(C)NC(=O)Cn1ccc(=O)[nH]c1=O. The Morgan fingerprint density at radius 2 is 1.85 bits per heavy atom. The lowest BCUT2D eigenvalue weighted by Crippen LogP contribution is -2.48. The van der Waals surface area contributed by atoms with E-state index in [0.717, 1.165) is 6.42 Å². The first-order valence-electron chi connectivity index (χ1n) is 6.59. The highest BCUT2D eigenvalue weighted by atomic mass is 16.2. The number of hydrogen-bond donors (Lipinski definition) is 2. The van der Waals surface area contributed by atoms with Gasteiger partial charge in [0, 0.05) is 17.8 Å². The maximum Gasteiger partial charge on any atom is 0.328 e. The maximum atomic E-state index is 12.0. The van der Waals surface area contributed by atoms with Gasteiger partial charge in [0.1, 0.15) is 6.54 Å². The highest BCUT2D eigenvalue weighted by molar-refractivity contribution is 5.76. The number of nitrogens with one attached hydrogen (secondary N) is 2. The normalized spacial score (nSPS) is 12.2. The topological polar surface area (TPSA) is 84.0 Å². The molecule has 0 radical (unpaired) electrons. The van der Waals surface area contributed by atoms with Crippen molar-refractivity contribution in [3.05, 3.63) is 33.1 Å². The van der Waals surface area contributed by atoms with Gasteiger partial charge in [0.2, 0.25) is 5.91 Å². The number of aromatic amines is 1. The van der Waals surface area contributed by atoms with E-state index < -0.39 is 11.2 Å². The summed E-state index contributed by atoms with van der Waals surface area (Å²) in [6.45, 7) is 10.1. The van der Waals surface area contributed by atoms with Gasteiger partial charge in [-0.25, -0.2) is 4.79 Å².